The maximum atomic E-state index is 12.8. The number of methoxy groups -OCH3 is 1. The van der Waals surface area contributed by atoms with Crippen molar-refractivity contribution in [2.24, 2.45) is 0 Å². The molecule has 0 saturated carbocycles. The minimum absolute atomic E-state index is 0.0192. The molecule has 0 aliphatic heterocycles. The molecule has 0 aliphatic rings. The molecule has 10 nitrogen and oxygen atoms in total. The second-order valence-electron chi connectivity index (χ2n) is 6.87. The number of nitrogens with two attached hydrogens (primary N) is 1. The number of aryl methyl sites for hydroxylation is 1. The van der Waals surface area contributed by atoms with Crippen LogP contribution in [0.4, 0.5) is 5.82 Å². The molecule has 154 valence electrons. The van der Waals surface area contributed by atoms with Gasteiger partial charge in [0.25, 0.3) is 5.91 Å². The predicted molar refractivity (Wildman–Crippen MR) is 110 cm³/mol. The minimum Gasteiger partial charge on any atom is -0.443 e. The standard InChI is InChI=1S/C20H21N7O3/c1-11(10-29-3)24-19(28)17-18(21)26-16(20-22-6-7-30-20)15(25-17)13-4-5-14-23-8-12(2)27(14)9-13/h4-9,11H,10H2,1-3H3,(H2,21,26)(H,24,28). The monoisotopic (exact) mass is 407 g/mol. The van der Waals surface area contributed by atoms with Gasteiger partial charge in [0.2, 0.25) is 5.89 Å². The number of oxazole rings is 1. The molecule has 1 atom stereocenters. The SMILES string of the molecule is COCC(C)NC(=O)c1nc(-c2ccc3ncc(C)n3c2)c(-c2ncco2)nc1N. The van der Waals surface area contributed by atoms with Gasteiger partial charge in [-0.2, -0.15) is 0 Å². The Kier molecular flexibility index (Phi) is 5.15. The first-order chi connectivity index (χ1) is 14.5. The van der Waals surface area contributed by atoms with Crippen LogP contribution in [0, 0.1) is 6.92 Å². The molecular weight excluding hydrogens is 386 g/mol. The number of fused-ring (bicyclic) bond motifs is 1. The molecule has 0 fully saturated rings. The van der Waals surface area contributed by atoms with Crippen molar-refractivity contribution in [1.82, 2.24) is 29.7 Å². The number of carbonyl (C=O) groups excluding carboxylic acids is 1. The third kappa shape index (κ3) is 3.60. The van der Waals surface area contributed by atoms with Crippen molar-refractivity contribution in [3.63, 3.8) is 0 Å². The average molecular weight is 407 g/mol. The fourth-order valence-corrected chi connectivity index (χ4v) is 3.13. The molecule has 1 amide bonds. The number of nitrogens with zero attached hydrogens (tertiary/aromatic N) is 5. The number of anilines is 1. The molecule has 0 radical (unpaired) electrons. The molecule has 0 bridgehead atoms. The van der Waals surface area contributed by atoms with Crippen LogP contribution < -0.4 is 11.1 Å². The van der Waals surface area contributed by atoms with E-state index in [4.69, 9.17) is 14.9 Å². The molecule has 4 aromatic heterocycles. The summed E-state index contributed by atoms with van der Waals surface area (Å²) in [7, 11) is 1.56. The van der Waals surface area contributed by atoms with Crippen LogP contribution in [0.2, 0.25) is 0 Å². The molecular formula is C20H21N7O3. The molecule has 3 N–H and O–H groups in total. The number of aromatic nitrogens is 5. The van der Waals surface area contributed by atoms with Crippen LogP contribution in [0.3, 0.4) is 0 Å². The summed E-state index contributed by atoms with van der Waals surface area (Å²) in [5.74, 6) is -0.204. The zero-order chi connectivity index (χ0) is 21.3. The predicted octanol–water partition coefficient (Wildman–Crippen LogP) is 2.10. The van der Waals surface area contributed by atoms with Gasteiger partial charge in [0.1, 0.15) is 17.6 Å². The van der Waals surface area contributed by atoms with Crippen LogP contribution in [-0.2, 0) is 4.74 Å². The normalized spacial score (nSPS) is 12.2. The lowest BCUT2D eigenvalue weighted by Crippen LogP contribution is -2.36. The Balaban J connectivity index is 1.85. The Morgan fingerprint density at radius 1 is 1.30 bits per heavy atom. The summed E-state index contributed by atoms with van der Waals surface area (Å²) in [4.78, 5) is 30.2. The van der Waals surface area contributed by atoms with Gasteiger partial charge < -0.3 is 24.6 Å². The summed E-state index contributed by atoms with van der Waals surface area (Å²) in [5.41, 5.74) is 9.32. The van der Waals surface area contributed by atoms with E-state index in [0.29, 0.717) is 23.6 Å². The number of imidazole rings is 1. The van der Waals surface area contributed by atoms with Gasteiger partial charge in [0.15, 0.2) is 17.2 Å². The fraction of sp³-hybridized carbons (Fsp3) is 0.250. The topological polar surface area (TPSA) is 133 Å². The quantitative estimate of drug-likeness (QED) is 0.496. The van der Waals surface area contributed by atoms with Crippen LogP contribution in [0.5, 0.6) is 0 Å². The molecule has 0 aromatic carbocycles. The van der Waals surface area contributed by atoms with Crippen LogP contribution in [0.25, 0.3) is 28.5 Å². The van der Waals surface area contributed by atoms with E-state index in [9.17, 15) is 4.79 Å². The number of nitrogen functional groups attached to an aromatic ring is 1. The Labute approximate surface area is 172 Å². The summed E-state index contributed by atoms with van der Waals surface area (Å²) < 4.78 is 12.4. The van der Waals surface area contributed by atoms with E-state index >= 15 is 0 Å². The summed E-state index contributed by atoms with van der Waals surface area (Å²) >= 11 is 0. The third-order valence-corrected chi connectivity index (χ3v) is 4.53. The molecule has 10 heteroatoms. The first kappa shape index (κ1) is 19.5. The van der Waals surface area contributed by atoms with E-state index in [-0.39, 0.29) is 23.4 Å². The van der Waals surface area contributed by atoms with E-state index in [0.717, 1.165) is 11.3 Å². The lowest BCUT2D eigenvalue weighted by molar-refractivity contribution is 0.0901. The van der Waals surface area contributed by atoms with Gasteiger partial charge in [-0.25, -0.2) is 19.9 Å². The lowest BCUT2D eigenvalue weighted by atomic mass is 10.1. The van der Waals surface area contributed by atoms with E-state index in [1.807, 2.05) is 36.6 Å². The van der Waals surface area contributed by atoms with Gasteiger partial charge in [-0.15, -0.1) is 0 Å². The summed E-state index contributed by atoms with van der Waals surface area (Å²) in [5, 5.41) is 2.80. The van der Waals surface area contributed by atoms with Gasteiger partial charge in [-0.3, -0.25) is 4.79 Å². The van der Waals surface area contributed by atoms with Crippen molar-refractivity contribution in [3.05, 3.63) is 48.4 Å². The number of amides is 1. The van der Waals surface area contributed by atoms with Crippen molar-refractivity contribution < 1.29 is 13.9 Å². The molecule has 0 spiro atoms. The highest BCUT2D eigenvalue weighted by Gasteiger charge is 2.23. The van der Waals surface area contributed by atoms with Gasteiger partial charge in [-0.05, 0) is 26.0 Å². The van der Waals surface area contributed by atoms with Crippen molar-refractivity contribution in [1.29, 1.82) is 0 Å². The number of ether oxygens (including phenoxy) is 1. The van der Waals surface area contributed by atoms with E-state index < -0.39 is 5.91 Å². The summed E-state index contributed by atoms with van der Waals surface area (Å²) in [6, 6.07) is 3.49. The lowest BCUT2D eigenvalue weighted by Gasteiger charge is -2.15. The Morgan fingerprint density at radius 3 is 2.87 bits per heavy atom. The first-order valence-corrected chi connectivity index (χ1v) is 9.29. The minimum atomic E-state index is -0.440. The Morgan fingerprint density at radius 2 is 2.13 bits per heavy atom. The number of carbonyl (C=O) groups is 1. The third-order valence-electron chi connectivity index (χ3n) is 4.53. The highest BCUT2D eigenvalue weighted by molar-refractivity contribution is 5.98. The number of pyridine rings is 1. The number of rotatable bonds is 6. The van der Waals surface area contributed by atoms with Gasteiger partial charge in [0.05, 0.1) is 12.8 Å². The summed E-state index contributed by atoms with van der Waals surface area (Å²) in [6.07, 6.45) is 6.60. The Bertz CT molecular complexity index is 1200. The molecule has 30 heavy (non-hydrogen) atoms. The largest absolute Gasteiger partial charge is 0.443 e. The zero-order valence-corrected chi connectivity index (χ0v) is 16.8. The van der Waals surface area contributed by atoms with Crippen LogP contribution in [0.15, 0.2) is 41.4 Å². The van der Waals surface area contributed by atoms with Crippen LogP contribution in [-0.4, -0.2) is 50.0 Å². The van der Waals surface area contributed by atoms with Crippen molar-refractivity contribution in [2.45, 2.75) is 19.9 Å². The first-order valence-electron chi connectivity index (χ1n) is 9.29. The van der Waals surface area contributed by atoms with Gasteiger partial charge >= 0.3 is 0 Å². The molecule has 4 heterocycles. The van der Waals surface area contributed by atoms with Crippen molar-refractivity contribution in [3.8, 4) is 22.8 Å². The number of hydrogen-bond donors (Lipinski definition) is 2. The van der Waals surface area contributed by atoms with Gasteiger partial charge in [0, 0.05) is 36.8 Å². The number of nitrogens with one attached hydrogen (secondary N) is 1. The van der Waals surface area contributed by atoms with Gasteiger partial charge in [-0.1, -0.05) is 0 Å². The maximum Gasteiger partial charge on any atom is 0.274 e. The zero-order valence-electron chi connectivity index (χ0n) is 16.8. The smallest absolute Gasteiger partial charge is 0.274 e. The number of hydrogen-bond acceptors (Lipinski definition) is 8. The molecule has 4 rings (SSSR count). The summed E-state index contributed by atoms with van der Waals surface area (Å²) in [6.45, 7) is 4.13. The van der Waals surface area contributed by atoms with Crippen LogP contribution in [0.1, 0.15) is 23.1 Å². The fourth-order valence-electron chi connectivity index (χ4n) is 3.13. The maximum absolute atomic E-state index is 12.8. The van der Waals surface area contributed by atoms with E-state index in [2.05, 4.69) is 25.3 Å². The Hall–Kier alpha value is -3.79. The van der Waals surface area contributed by atoms with E-state index in [1.54, 1.807) is 13.3 Å². The molecule has 4 aromatic rings. The van der Waals surface area contributed by atoms with Crippen LogP contribution >= 0.6 is 0 Å². The second kappa shape index (κ2) is 7.91. The molecule has 1 unspecified atom stereocenters. The van der Waals surface area contributed by atoms with Crippen molar-refractivity contribution in [2.75, 3.05) is 19.5 Å². The highest BCUT2D eigenvalue weighted by atomic mass is 16.5. The van der Waals surface area contributed by atoms with E-state index in [1.165, 1.54) is 12.5 Å². The highest BCUT2D eigenvalue weighted by Crippen LogP contribution is 2.30. The average Bonchev–Trinajstić information content (AvgIpc) is 3.38. The molecule has 0 saturated heterocycles. The van der Waals surface area contributed by atoms with Crippen molar-refractivity contribution >= 4 is 17.4 Å². The molecule has 0 aliphatic carbocycles. The second-order valence-corrected chi connectivity index (χ2v) is 6.87.